The van der Waals surface area contributed by atoms with Gasteiger partial charge in [0.1, 0.15) is 31.2 Å². The van der Waals surface area contributed by atoms with Crippen LogP contribution in [0.1, 0.15) is 359 Å². The number of carbonyl (C=O) groups is 5. The second-order valence-corrected chi connectivity index (χ2v) is 25.2. The molecule has 0 spiro atoms. The van der Waals surface area contributed by atoms with Crippen LogP contribution in [0.2, 0.25) is 0 Å². The maximum atomic E-state index is 11.5. The number of hydrogen-bond donors (Lipinski definition) is 1. The maximum Gasteiger partial charge on any atom is 0.155 e. The van der Waals surface area contributed by atoms with E-state index in [1.165, 1.54) is 205 Å². The maximum absolute atomic E-state index is 11.5. The zero-order chi connectivity index (χ0) is 67.5. The van der Waals surface area contributed by atoms with Crippen LogP contribution in [0.5, 0.6) is 0 Å². The molecule has 9 heteroatoms. The monoisotopic (exact) mass is 1250 g/mol. The molecule has 0 bridgehead atoms. The van der Waals surface area contributed by atoms with Gasteiger partial charge in [0.15, 0.2) is 5.78 Å². The van der Waals surface area contributed by atoms with E-state index < -0.39 is 0 Å². The smallest absolute Gasteiger partial charge is 0.155 e. The fourth-order valence-electron chi connectivity index (χ4n) is 9.93. The first-order valence-corrected chi connectivity index (χ1v) is 37.3. The topological polar surface area (TPSA) is 127 Å². The summed E-state index contributed by atoms with van der Waals surface area (Å²) in [6.45, 7) is 41.9. The number of Topliss-reactive ketones (excluding diaryl/α,β-unsaturated/α-hetero) is 1. The van der Waals surface area contributed by atoms with Crippen molar-refractivity contribution in [3.8, 4) is 0 Å². The van der Waals surface area contributed by atoms with Gasteiger partial charge < -0.3 is 29.0 Å². The molecule has 0 radical (unpaired) electrons. The number of unbranched alkanes of at least 4 members (excludes halogenated alkanes) is 22. The van der Waals surface area contributed by atoms with Gasteiger partial charge in [-0.15, -0.1) is 6.58 Å². The van der Waals surface area contributed by atoms with Crippen LogP contribution in [0.15, 0.2) is 37.6 Å². The van der Waals surface area contributed by atoms with E-state index in [1.54, 1.807) is 7.11 Å². The van der Waals surface area contributed by atoms with Crippen LogP contribution in [0.3, 0.4) is 0 Å². The molecule has 1 heterocycles. The van der Waals surface area contributed by atoms with Crippen LogP contribution in [-0.2, 0) is 33.4 Å². The molecule has 2 aliphatic carbocycles. The molecule has 524 valence electrons. The average Bonchev–Trinajstić information content (AvgIpc) is 4.66. The van der Waals surface area contributed by atoms with Crippen molar-refractivity contribution < 1.29 is 38.6 Å². The van der Waals surface area contributed by atoms with Crippen molar-refractivity contribution >= 4 is 30.4 Å². The van der Waals surface area contributed by atoms with E-state index in [1.807, 2.05) is 26.8 Å². The van der Waals surface area contributed by atoms with Crippen molar-refractivity contribution in [1.82, 2.24) is 4.90 Å². The van der Waals surface area contributed by atoms with E-state index in [-0.39, 0.29) is 11.7 Å². The highest BCUT2D eigenvalue weighted by Crippen LogP contribution is 2.29. The Kier molecular flexibility index (Phi) is 90.1. The molecule has 0 aromatic rings. The Balaban J connectivity index is -0.000000239. The zero-order valence-electron chi connectivity index (χ0n) is 61.5. The Bertz CT molecular complexity index is 1420. The third kappa shape index (κ3) is 79.3. The number of rotatable bonds is 50. The summed E-state index contributed by atoms with van der Waals surface area (Å²) in [5.41, 5.74) is 0. The molecule has 3 fully saturated rings. The summed E-state index contributed by atoms with van der Waals surface area (Å²) >= 11 is 0. The van der Waals surface area contributed by atoms with Gasteiger partial charge in [-0.05, 0) is 113 Å². The van der Waals surface area contributed by atoms with Gasteiger partial charge >= 0.3 is 0 Å². The number of ether oxygens (including phenoxy) is 2. The van der Waals surface area contributed by atoms with E-state index in [9.17, 15) is 24.0 Å². The minimum Gasteiger partial charge on any atom is -0.497 e. The molecule has 0 aromatic heterocycles. The number of allylic oxidation sites excluding steroid dienone is 3. The predicted octanol–water partition coefficient (Wildman–Crippen LogP) is 23.2. The Morgan fingerprint density at radius 1 is 0.591 bits per heavy atom. The first kappa shape index (κ1) is 96.3. The van der Waals surface area contributed by atoms with E-state index in [4.69, 9.17) is 14.6 Å². The minimum atomic E-state index is 0.186. The minimum absolute atomic E-state index is 0.186. The number of carbonyl (C=O) groups excluding carboxylic acids is 5. The van der Waals surface area contributed by atoms with Crippen LogP contribution in [-0.4, -0.2) is 87.0 Å². The molecule has 5 unspecified atom stereocenters. The molecule has 1 aliphatic heterocycles. The number of hydrogen-bond acceptors (Lipinski definition) is 9. The van der Waals surface area contributed by atoms with E-state index in [0.29, 0.717) is 49.3 Å². The lowest BCUT2D eigenvalue weighted by Crippen LogP contribution is -2.35. The lowest BCUT2D eigenvalue weighted by Gasteiger charge is -2.29. The fourth-order valence-corrected chi connectivity index (χ4v) is 9.93. The number of likely N-dealkylation sites (tertiary alicyclic amines) is 1. The number of aldehydes is 3. The average molecular weight is 1250 g/mol. The van der Waals surface area contributed by atoms with E-state index in [0.717, 1.165) is 127 Å². The van der Waals surface area contributed by atoms with Crippen molar-refractivity contribution in [3.05, 3.63) is 37.6 Å². The lowest BCUT2D eigenvalue weighted by molar-refractivity contribution is -0.120. The molecule has 3 rings (SSSR count). The van der Waals surface area contributed by atoms with E-state index in [2.05, 4.69) is 87.0 Å². The number of aliphatic hydroxyl groups is 1. The van der Waals surface area contributed by atoms with Crippen LogP contribution in [0.4, 0.5) is 0 Å². The first-order valence-electron chi connectivity index (χ1n) is 37.3. The number of aliphatic hydroxyl groups excluding tert-OH is 1. The van der Waals surface area contributed by atoms with Crippen molar-refractivity contribution in [2.45, 2.75) is 365 Å². The summed E-state index contributed by atoms with van der Waals surface area (Å²) in [6.07, 6.45) is 57.9. The van der Waals surface area contributed by atoms with Gasteiger partial charge in [0.05, 0.1) is 5.76 Å². The van der Waals surface area contributed by atoms with Crippen LogP contribution < -0.4 is 0 Å². The first-order chi connectivity index (χ1) is 42.8. The highest BCUT2D eigenvalue weighted by Gasteiger charge is 2.27. The third-order valence-corrected chi connectivity index (χ3v) is 16.8. The molecule has 3 aliphatic rings. The third-order valence-electron chi connectivity index (χ3n) is 16.8. The Morgan fingerprint density at radius 2 is 1.07 bits per heavy atom. The molecule has 88 heavy (non-hydrogen) atoms. The number of ketones is 2. The molecular weight excluding hydrogens is 1090 g/mol. The van der Waals surface area contributed by atoms with Gasteiger partial charge in [0, 0.05) is 71.3 Å². The standard InChI is InChI=1S/C25H49NO2.C13H24O2.C11H20O.C10H20.C9H18O.C4H6O.C4H8.C2H6.CH4O/c1-7-10-11-13-24(21(4)8-2)15-17-26-16-12-14-25(26)20-28-22(5)18-23(9-3)19-27-6;1-3-5-6-7-8-13(15)11-12(4-2)9-10-14;1-3-5-6-7-8-9-10-11(12)4-2;1-3-5-7-9-10-8-6-4-2;1-2-3-4-5-6-7-8-9-10;5-3-4-1-2-4;1-4-2-3-4;2*1-2/h21,23-25H,5,7-20H2,1-4,6H3;10,12H,3-9,11H2,1-2H3;4H,2-3,5-10H2,1H3;3H,1,4-10H2,2H3;9H,2-8H2,1H3;3-4H,1-2H2;4H,2-3H2,1H3;1-2H3;2H,1H3. The molecule has 9 nitrogen and oxygen atoms in total. The largest absolute Gasteiger partial charge is 0.497 e. The zero-order valence-corrected chi connectivity index (χ0v) is 61.5. The summed E-state index contributed by atoms with van der Waals surface area (Å²) in [4.78, 5) is 54.8. The fraction of sp³-hybridized carbons (Fsp3) is 0.861. The van der Waals surface area contributed by atoms with Gasteiger partial charge in [-0.1, -0.05) is 276 Å². The van der Waals surface area contributed by atoms with Crippen molar-refractivity contribution in [2.24, 2.45) is 35.5 Å². The second-order valence-electron chi connectivity index (χ2n) is 25.2. The molecular formula is C79H155NO8. The van der Waals surface area contributed by atoms with Crippen molar-refractivity contribution in [2.75, 3.05) is 40.5 Å². The highest BCUT2D eigenvalue weighted by molar-refractivity contribution is 5.88. The Morgan fingerprint density at radius 3 is 1.49 bits per heavy atom. The SMILES string of the molecule is C=C(CC(CC)COC)OCC1CCCN1CCC(CCCCC)C(C)CC.C=CC(=O)CCCCCCCC.C=CCCCCCCCC.CC.CC1CC1.CCCCCCC(=O)CC(CC)CC=O.CCCCCCCCC=O.CO.O=CC1CC1. The van der Waals surface area contributed by atoms with Crippen LogP contribution in [0, 0.1) is 35.5 Å². The predicted molar refractivity (Wildman–Crippen MR) is 387 cm³/mol. The van der Waals surface area contributed by atoms with Gasteiger partial charge in [0.25, 0.3) is 0 Å². The molecule has 0 aromatic carbocycles. The molecule has 1 N–H and O–H groups in total. The summed E-state index contributed by atoms with van der Waals surface area (Å²) < 4.78 is 11.4. The lowest BCUT2D eigenvalue weighted by atomic mass is 9.84. The van der Waals surface area contributed by atoms with Gasteiger partial charge in [-0.3, -0.25) is 14.5 Å². The normalized spacial score (nSPS) is 14.9. The van der Waals surface area contributed by atoms with Crippen LogP contribution >= 0.6 is 0 Å². The summed E-state index contributed by atoms with van der Waals surface area (Å²) in [6, 6.07) is 0.576. The summed E-state index contributed by atoms with van der Waals surface area (Å²) in [5, 5.41) is 7.00. The summed E-state index contributed by atoms with van der Waals surface area (Å²) in [7, 11) is 2.78. The molecule has 2 saturated carbocycles. The van der Waals surface area contributed by atoms with Gasteiger partial charge in [-0.25, -0.2) is 0 Å². The van der Waals surface area contributed by atoms with Gasteiger partial charge in [0.2, 0.25) is 0 Å². The Hall–Kier alpha value is -2.75. The molecule has 5 atom stereocenters. The highest BCUT2D eigenvalue weighted by atomic mass is 16.5. The van der Waals surface area contributed by atoms with Crippen LogP contribution in [0.25, 0.3) is 0 Å². The van der Waals surface area contributed by atoms with Crippen molar-refractivity contribution in [1.29, 1.82) is 0 Å². The number of methoxy groups -OCH3 is 1. The summed E-state index contributed by atoms with van der Waals surface area (Å²) in [5.74, 6) is 5.53. The molecule has 0 amide bonds. The number of nitrogens with zero attached hydrogens (tertiary/aromatic N) is 1. The molecule has 1 saturated heterocycles. The van der Waals surface area contributed by atoms with Gasteiger partial charge in [-0.2, -0.15) is 0 Å². The van der Waals surface area contributed by atoms with Crippen molar-refractivity contribution in [3.63, 3.8) is 0 Å². The Labute approximate surface area is 550 Å². The second kappa shape index (κ2) is 82.3. The van der Waals surface area contributed by atoms with E-state index >= 15 is 0 Å². The quantitative estimate of drug-likeness (QED) is 0.0208.